The summed E-state index contributed by atoms with van der Waals surface area (Å²) in [6.07, 6.45) is 0.223. The maximum absolute atomic E-state index is 11.4. The summed E-state index contributed by atoms with van der Waals surface area (Å²) < 4.78 is 0. The Morgan fingerprint density at radius 2 is 1.81 bits per heavy atom. The van der Waals surface area contributed by atoms with Crippen molar-refractivity contribution in [2.75, 3.05) is 6.54 Å². The second-order valence-corrected chi connectivity index (χ2v) is 3.97. The smallest absolute Gasteiger partial charge is 0.326 e. The lowest BCUT2D eigenvalue weighted by molar-refractivity contribution is -0.157. The lowest BCUT2D eigenvalue weighted by atomic mass is 10.0. The van der Waals surface area contributed by atoms with Crippen molar-refractivity contribution in [3.05, 3.63) is 0 Å². The minimum absolute atomic E-state index is 0.0634. The number of carboxylic acid groups (broad SMARTS) is 1. The molecular weight excluding hydrogens is 212 g/mol. The van der Waals surface area contributed by atoms with Crippen LogP contribution >= 0.6 is 0 Å². The van der Waals surface area contributed by atoms with Crippen LogP contribution in [0.3, 0.4) is 0 Å². The standard InChI is InChI=1S/C10H18N2O4/c1-6(2)4-8(10(15)16)12(7(3)13)9(14)5-11/h6,8H,4-5,11H2,1-3H3,(H,15,16). The van der Waals surface area contributed by atoms with Crippen LogP contribution in [-0.2, 0) is 14.4 Å². The Labute approximate surface area is 94.4 Å². The average molecular weight is 230 g/mol. The predicted molar refractivity (Wildman–Crippen MR) is 57.5 cm³/mol. The second-order valence-electron chi connectivity index (χ2n) is 3.97. The fourth-order valence-corrected chi connectivity index (χ4v) is 1.43. The van der Waals surface area contributed by atoms with Gasteiger partial charge in [0.1, 0.15) is 6.04 Å². The van der Waals surface area contributed by atoms with Gasteiger partial charge in [-0.15, -0.1) is 0 Å². The van der Waals surface area contributed by atoms with Crippen molar-refractivity contribution >= 4 is 17.8 Å². The molecule has 0 heterocycles. The molecule has 0 aliphatic carbocycles. The van der Waals surface area contributed by atoms with Crippen LogP contribution in [0.15, 0.2) is 0 Å². The van der Waals surface area contributed by atoms with Gasteiger partial charge < -0.3 is 10.8 Å². The number of nitrogens with zero attached hydrogens (tertiary/aromatic N) is 1. The first kappa shape index (κ1) is 14.6. The number of aliphatic carboxylic acids is 1. The fourth-order valence-electron chi connectivity index (χ4n) is 1.43. The summed E-state index contributed by atoms with van der Waals surface area (Å²) in [6.45, 7) is 4.42. The Morgan fingerprint density at radius 3 is 2.06 bits per heavy atom. The molecule has 92 valence electrons. The molecule has 2 amide bonds. The number of hydrogen-bond donors (Lipinski definition) is 2. The molecule has 0 aromatic carbocycles. The van der Waals surface area contributed by atoms with Gasteiger partial charge in [-0.05, 0) is 12.3 Å². The van der Waals surface area contributed by atoms with E-state index in [4.69, 9.17) is 10.8 Å². The molecule has 0 aliphatic heterocycles. The molecule has 0 aromatic heterocycles. The third kappa shape index (κ3) is 3.98. The number of rotatable bonds is 5. The van der Waals surface area contributed by atoms with Gasteiger partial charge in [0.05, 0.1) is 6.54 Å². The summed E-state index contributed by atoms with van der Waals surface area (Å²) >= 11 is 0. The lowest BCUT2D eigenvalue weighted by Crippen LogP contribution is -2.50. The van der Waals surface area contributed by atoms with E-state index in [0.717, 1.165) is 11.8 Å². The van der Waals surface area contributed by atoms with Gasteiger partial charge in [-0.3, -0.25) is 14.5 Å². The van der Waals surface area contributed by atoms with Crippen LogP contribution in [0.2, 0.25) is 0 Å². The van der Waals surface area contributed by atoms with Gasteiger partial charge in [0.15, 0.2) is 0 Å². The molecule has 0 saturated heterocycles. The molecule has 0 spiro atoms. The first-order valence-electron chi connectivity index (χ1n) is 5.06. The van der Waals surface area contributed by atoms with Crippen LogP contribution in [0.25, 0.3) is 0 Å². The normalized spacial score (nSPS) is 12.3. The van der Waals surface area contributed by atoms with Crippen molar-refractivity contribution in [3.63, 3.8) is 0 Å². The van der Waals surface area contributed by atoms with E-state index in [1.54, 1.807) is 0 Å². The van der Waals surface area contributed by atoms with Crippen LogP contribution in [0.5, 0.6) is 0 Å². The molecule has 16 heavy (non-hydrogen) atoms. The molecule has 0 aliphatic rings. The highest BCUT2D eigenvalue weighted by molar-refractivity contribution is 5.99. The highest BCUT2D eigenvalue weighted by Crippen LogP contribution is 2.12. The SMILES string of the molecule is CC(=O)N(C(=O)CN)C(CC(C)C)C(=O)O. The van der Waals surface area contributed by atoms with E-state index >= 15 is 0 Å². The Morgan fingerprint density at radius 1 is 1.31 bits per heavy atom. The number of carbonyl (C=O) groups excluding carboxylic acids is 2. The van der Waals surface area contributed by atoms with E-state index in [-0.39, 0.29) is 18.9 Å². The first-order valence-corrected chi connectivity index (χ1v) is 5.06. The van der Waals surface area contributed by atoms with Crippen molar-refractivity contribution in [1.82, 2.24) is 4.90 Å². The molecule has 0 fully saturated rings. The summed E-state index contributed by atoms with van der Waals surface area (Å²) in [6, 6.07) is -1.13. The van der Waals surface area contributed by atoms with Crippen LogP contribution in [0.4, 0.5) is 0 Å². The topological polar surface area (TPSA) is 101 Å². The third-order valence-corrected chi connectivity index (χ3v) is 2.07. The molecule has 6 heteroatoms. The van der Waals surface area contributed by atoms with Crippen LogP contribution in [0, 0.1) is 5.92 Å². The number of carbonyl (C=O) groups is 3. The highest BCUT2D eigenvalue weighted by Gasteiger charge is 2.32. The fraction of sp³-hybridized carbons (Fsp3) is 0.700. The molecule has 1 unspecified atom stereocenters. The van der Waals surface area contributed by atoms with E-state index < -0.39 is 23.8 Å². The van der Waals surface area contributed by atoms with Crippen molar-refractivity contribution in [3.8, 4) is 0 Å². The summed E-state index contributed by atoms with van der Waals surface area (Å²) in [7, 11) is 0. The quantitative estimate of drug-likeness (QED) is 0.682. The monoisotopic (exact) mass is 230 g/mol. The molecule has 0 bridgehead atoms. The first-order chi connectivity index (χ1) is 7.31. The van der Waals surface area contributed by atoms with Gasteiger partial charge in [0, 0.05) is 6.92 Å². The maximum Gasteiger partial charge on any atom is 0.326 e. The maximum atomic E-state index is 11.4. The zero-order chi connectivity index (χ0) is 12.9. The van der Waals surface area contributed by atoms with Crippen molar-refractivity contribution in [2.24, 2.45) is 11.7 Å². The van der Waals surface area contributed by atoms with Crippen molar-refractivity contribution in [2.45, 2.75) is 33.2 Å². The molecule has 1 atom stereocenters. The van der Waals surface area contributed by atoms with Gasteiger partial charge in [-0.1, -0.05) is 13.8 Å². The minimum atomic E-state index is -1.19. The summed E-state index contributed by atoms with van der Waals surface area (Å²) in [4.78, 5) is 34.4. The molecular formula is C10H18N2O4. The van der Waals surface area contributed by atoms with E-state index in [2.05, 4.69) is 0 Å². The average Bonchev–Trinajstić information content (AvgIpc) is 2.14. The van der Waals surface area contributed by atoms with Gasteiger partial charge in [-0.25, -0.2) is 4.79 Å². The van der Waals surface area contributed by atoms with Gasteiger partial charge in [0.2, 0.25) is 11.8 Å². The van der Waals surface area contributed by atoms with Crippen LogP contribution < -0.4 is 5.73 Å². The molecule has 0 aromatic rings. The Hall–Kier alpha value is -1.43. The summed E-state index contributed by atoms with van der Waals surface area (Å²) in [5, 5.41) is 9.00. The minimum Gasteiger partial charge on any atom is -0.480 e. The van der Waals surface area contributed by atoms with Gasteiger partial charge >= 0.3 is 5.97 Å². The Balaban J connectivity index is 5.02. The number of hydrogen-bond acceptors (Lipinski definition) is 4. The van der Waals surface area contributed by atoms with E-state index in [0.29, 0.717) is 0 Å². The largest absolute Gasteiger partial charge is 0.480 e. The van der Waals surface area contributed by atoms with Crippen molar-refractivity contribution in [1.29, 1.82) is 0 Å². The molecule has 0 radical (unpaired) electrons. The number of nitrogens with two attached hydrogens (primary N) is 1. The zero-order valence-corrected chi connectivity index (χ0v) is 9.77. The zero-order valence-electron chi connectivity index (χ0n) is 9.77. The number of imide groups is 1. The highest BCUT2D eigenvalue weighted by atomic mass is 16.4. The molecule has 0 rings (SSSR count). The number of amides is 2. The third-order valence-electron chi connectivity index (χ3n) is 2.07. The molecule has 6 nitrogen and oxygen atoms in total. The Kier molecular flexibility index (Phi) is 5.66. The van der Waals surface area contributed by atoms with Crippen LogP contribution in [0.1, 0.15) is 27.2 Å². The Bertz CT molecular complexity index is 289. The summed E-state index contributed by atoms with van der Waals surface area (Å²) in [5.74, 6) is -2.39. The van der Waals surface area contributed by atoms with E-state index in [1.165, 1.54) is 0 Å². The second kappa shape index (κ2) is 6.22. The van der Waals surface area contributed by atoms with E-state index in [1.807, 2.05) is 13.8 Å². The molecule has 0 saturated carbocycles. The van der Waals surface area contributed by atoms with Gasteiger partial charge in [-0.2, -0.15) is 0 Å². The van der Waals surface area contributed by atoms with Crippen molar-refractivity contribution < 1.29 is 19.5 Å². The predicted octanol–water partition coefficient (Wildman–Crippen LogP) is -0.180. The number of carboxylic acids is 1. The molecule has 3 N–H and O–H groups in total. The van der Waals surface area contributed by atoms with Gasteiger partial charge in [0.25, 0.3) is 0 Å². The van der Waals surface area contributed by atoms with E-state index in [9.17, 15) is 14.4 Å². The van der Waals surface area contributed by atoms with Crippen LogP contribution in [-0.4, -0.2) is 40.4 Å². The lowest BCUT2D eigenvalue weighted by Gasteiger charge is -2.26. The summed E-state index contributed by atoms with van der Waals surface area (Å²) in [5.41, 5.74) is 5.14.